The topological polar surface area (TPSA) is 107 Å². The first kappa shape index (κ1) is 19.2. The third kappa shape index (κ3) is 4.41. The second kappa shape index (κ2) is 8.01. The van der Waals surface area contributed by atoms with Crippen LogP contribution in [-0.2, 0) is 6.54 Å². The largest absolute Gasteiger partial charge is 0.320 e. The zero-order valence-corrected chi connectivity index (χ0v) is 15.5. The highest BCUT2D eigenvalue weighted by Crippen LogP contribution is 2.27. The molecule has 0 aliphatic rings. The number of halogens is 1. The molecule has 0 radical (unpaired) electrons. The van der Waals surface area contributed by atoms with Gasteiger partial charge in [-0.25, -0.2) is 4.68 Å². The van der Waals surface area contributed by atoms with Crippen LogP contribution < -0.4 is 10.9 Å². The second-order valence-corrected chi connectivity index (χ2v) is 6.48. The first-order valence-corrected chi connectivity index (χ1v) is 8.60. The summed E-state index contributed by atoms with van der Waals surface area (Å²) in [7, 11) is 0. The van der Waals surface area contributed by atoms with Crippen molar-refractivity contribution in [3.63, 3.8) is 0 Å². The molecule has 142 valence electrons. The summed E-state index contributed by atoms with van der Waals surface area (Å²) in [6, 6.07) is 14.1. The summed E-state index contributed by atoms with van der Waals surface area (Å²) in [6.45, 7) is 2.17. The molecule has 1 N–H and O–H groups in total. The van der Waals surface area contributed by atoms with Crippen molar-refractivity contribution in [1.82, 2.24) is 9.78 Å². The van der Waals surface area contributed by atoms with E-state index in [0.29, 0.717) is 0 Å². The summed E-state index contributed by atoms with van der Waals surface area (Å²) in [5, 5.41) is 17.5. The third-order valence-corrected chi connectivity index (χ3v) is 4.27. The molecule has 3 rings (SSSR count). The fourth-order valence-corrected chi connectivity index (χ4v) is 2.66. The third-order valence-electron chi connectivity index (χ3n) is 3.95. The Morgan fingerprint density at radius 1 is 1.18 bits per heavy atom. The SMILES string of the molecule is Cc1ccc(Cn2nc(C(=O)Nc3ccc(Cl)c([N+](=O)[O-])c3)ccc2=O)cc1. The number of carbonyl (C=O) groups excluding carboxylic acids is 1. The van der Waals surface area contributed by atoms with E-state index in [4.69, 9.17) is 11.6 Å². The van der Waals surface area contributed by atoms with Crippen LogP contribution in [-0.4, -0.2) is 20.6 Å². The van der Waals surface area contributed by atoms with Crippen LogP contribution in [0.1, 0.15) is 21.6 Å². The number of amides is 1. The van der Waals surface area contributed by atoms with E-state index < -0.39 is 10.8 Å². The number of carbonyl (C=O) groups is 1. The van der Waals surface area contributed by atoms with Gasteiger partial charge in [-0.3, -0.25) is 19.7 Å². The van der Waals surface area contributed by atoms with Gasteiger partial charge >= 0.3 is 0 Å². The van der Waals surface area contributed by atoms with E-state index in [2.05, 4.69) is 10.4 Å². The number of rotatable bonds is 5. The molecule has 0 bridgehead atoms. The molecule has 0 spiro atoms. The highest BCUT2D eigenvalue weighted by molar-refractivity contribution is 6.32. The quantitative estimate of drug-likeness (QED) is 0.523. The summed E-state index contributed by atoms with van der Waals surface area (Å²) in [4.78, 5) is 34.8. The van der Waals surface area contributed by atoms with E-state index in [-0.39, 0.29) is 34.2 Å². The maximum Gasteiger partial charge on any atom is 0.289 e. The lowest BCUT2D eigenvalue weighted by Crippen LogP contribution is -2.26. The van der Waals surface area contributed by atoms with E-state index in [1.165, 1.54) is 28.9 Å². The molecule has 3 aromatic rings. The number of aromatic nitrogens is 2. The van der Waals surface area contributed by atoms with Crippen LogP contribution in [0.4, 0.5) is 11.4 Å². The highest BCUT2D eigenvalue weighted by Gasteiger charge is 2.15. The molecule has 2 aromatic carbocycles. The number of nitrogens with zero attached hydrogens (tertiary/aromatic N) is 3. The van der Waals surface area contributed by atoms with Gasteiger partial charge in [0.1, 0.15) is 10.7 Å². The first-order chi connectivity index (χ1) is 13.3. The van der Waals surface area contributed by atoms with Crippen LogP contribution >= 0.6 is 11.6 Å². The molecule has 0 saturated carbocycles. The van der Waals surface area contributed by atoms with Gasteiger partial charge in [0.25, 0.3) is 17.2 Å². The smallest absolute Gasteiger partial charge is 0.289 e. The number of hydrogen-bond acceptors (Lipinski definition) is 5. The van der Waals surface area contributed by atoms with Gasteiger partial charge < -0.3 is 5.32 Å². The van der Waals surface area contributed by atoms with Gasteiger partial charge in [-0.2, -0.15) is 5.10 Å². The summed E-state index contributed by atoms with van der Waals surface area (Å²) in [6.07, 6.45) is 0. The minimum atomic E-state index is -0.641. The van der Waals surface area contributed by atoms with E-state index in [1.54, 1.807) is 0 Å². The number of nitro groups is 1. The van der Waals surface area contributed by atoms with E-state index >= 15 is 0 Å². The average molecular weight is 399 g/mol. The molecule has 9 heteroatoms. The summed E-state index contributed by atoms with van der Waals surface area (Å²) >= 11 is 5.76. The molecule has 0 unspecified atom stereocenters. The number of hydrogen-bond donors (Lipinski definition) is 1. The highest BCUT2D eigenvalue weighted by atomic mass is 35.5. The van der Waals surface area contributed by atoms with Crippen molar-refractivity contribution in [3.05, 3.63) is 96.9 Å². The fraction of sp³-hybridized carbons (Fsp3) is 0.105. The van der Waals surface area contributed by atoms with Gasteiger partial charge in [-0.05, 0) is 30.7 Å². The van der Waals surface area contributed by atoms with Gasteiger partial charge in [0, 0.05) is 17.8 Å². The van der Waals surface area contributed by atoms with Crippen molar-refractivity contribution in [3.8, 4) is 0 Å². The normalized spacial score (nSPS) is 10.5. The standard InChI is InChI=1S/C19H15ClN4O4/c1-12-2-4-13(5-3-12)11-23-18(25)9-8-16(22-23)19(26)21-14-6-7-15(20)17(10-14)24(27)28/h2-10H,11H2,1H3,(H,21,26). The predicted octanol–water partition coefficient (Wildman–Crippen LogP) is 3.41. The van der Waals surface area contributed by atoms with Gasteiger partial charge in [-0.15, -0.1) is 0 Å². The maximum absolute atomic E-state index is 12.4. The Bertz CT molecular complexity index is 1110. The molecule has 8 nitrogen and oxygen atoms in total. The van der Waals surface area contributed by atoms with Crippen LogP contribution in [0.15, 0.2) is 59.4 Å². The Labute approximate surface area is 164 Å². The molecule has 28 heavy (non-hydrogen) atoms. The fourth-order valence-electron chi connectivity index (χ4n) is 2.48. The van der Waals surface area contributed by atoms with E-state index in [9.17, 15) is 19.7 Å². The first-order valence-electron chi connectivity index (χ1n) is 8.22. The molecule has 0 atom stereocenters. The van der Waals surface area contributed by atoms with Crippen LogP contribution in [0, 0.1) is 17.0 Å². The zero-order chi connectivity index (χ0) is 20.3. The van der Waals surface area contributed by atoms with Gasteiger partial charge in [0.2, 0.25) is 0 Å². The summed E-state index contributed by atoms with van der Waals surface area (Å²) in [5.41, 5.74) is 1.49. The Kier molecular flexibility index (Phi) is 5.51. The Morgan fingerprint density at radius 2 is 1.89 bits per heavy atom. The lowest BCUT2D eigenvalue weighted by molar-refractivity contribution is -0.384. The average Bonchev–Trinajstić information content (AvgIpc) is 2.66. The molecule has 1 amide bonds. The Hall–Kier alpha value is -3.52. The molecule has 0 aliphatic carbocycles. The summed E-state index contributed by atoms with van der Waals surface area (Å²) in [5.74, 6) is -0.603. The van der Waals surface area contributed by atoms with Gasteiger partial charge in [0.15, 0.2) is 0 Å². The zero-order valence-electron chi connectivity index (χ0n) is 14.8. The lowest BCUT2D eigenvalue weighted by Gasteiger charge is -2.08. The molecule has 1 heterocycles. The van der Waals surface area contributed by atoms with Crippen LogP contribution in [0.3, 0.4) is 0 Å². The van der Waals surface area contributed by atoms with Gasteiger partial charge in [0.05, 0.1) is 11.5 Å². The van der Waals surface area contributed by atoms with Crippen molar-refractivity contribution < 1.29 is 9.72 Å². The predicted molar refractivity (Wildman–Crippen MR) is 105 cm³/mol. The van der Waals surface area contributed by atoms with E-state index in [0.717, 1.165) is 17.2 Å². The minimum absolute atomic E-state index is 0.00400. The molecule has 0 aliphatic heterocycles. The Balaban J connectivity index is 1.83. The molecular formula is C19H15ClN4O4. The number of nitrogens with one attached hydrogen (secondary N) is 1. The second-order valence-electron chi connectivity index (χ2n) is 6.08. The monoisotopic (exact) mass is 398 g/mol. The van der Waals surface area contributed by atoms with Crippen molar-refractivity contribution in [2.24, 2.45) is 0 Å². The summed E-state index contributed by atoms with van der Waals surface area (Å²) < 4.78 is 1.18. The van der Waals surface area contributed by atoms with Crippen LogP contribution in [0.2, 0.25) is 5.02 Å². The van der Waals surface area contributed by atoms with E-state index in [1.807, 2.05) is 31.2 Å². The maximum atomic E-state index is 12.4. The van der Waals surface area contributed by atoms with Crippen molar-refractivity contribution in [2.75, 3.05) is 5.32 Å². The lowest BCUT2D eigenvalue weighted by atomic mass is 10.1. The van der Waals surface area contributed by atoms with Crippen LogP contribution in [0.5, 0.6) is 0 Å². The van der Waals surface area contributed by atoms with Crippen molar-refractivity contribution in [1.29, 1.82) is 0 Å². The molecule has 0 saturated heterocycles. The number of benzene rings is 2. The number of anilines is 1. The van der Waals surface area contributed by atoms with Crippen molar-refractivity contribution in [2.45, 2.75) is 13.5 Å². The molecular weight excluding hydrogens is 384 g/mol. The Morgan fingerprint density at radius 3 is 2.57 bits per heavy atom. The minimum Gasteiger partial charge on any atom is -0.320 e. The molecule has 0 fully saturated rings. The molecule has 1 aromatic heterocycles. The van der Waals surface area contributed by atoms with Gasteiger partial charge in [-0.1, -0.05) is 41.4 Å². The number of aryl methyl sites for hydroxylation is 1. The number of nitro benzene ring substituents is 1. The van der Waals surface area contributed by atoms with Crippen molar-refractivity contribution >= 4 is 28.9 Å². The van der Waals surface area contributed by atoms with Crippen LogP contribution in [0.25, 0.3) is 0 Å².